The van der Waals surface area contributed by atoms with E-state index in [9.17, 15) is 14.0 Å². The van der Waals surface area contributed by atoms with E-state index in [4.69, 9.17) is 16.3 Å². The van der Waals surface area contributed by atoms with Crippen LogP contribution in [0.4, 0.5) is 10.1 Å². The smallest absolute Gasteiger partial charge is 0.243 e. The van der Waals surface area contributed by atoms with Gasteiger partial charge in [-0.3, -0.25) is 14.5 Å². The molecule has 1 aliphatic rings. The molecule has 30 heavy (non-hydrogen) atoms. The van der Waals surface area contributed by atoms with Gasteiger partial charge in [0.15, 0.2) is 0 Å². The first-order valence-electron chi connectivity index (χ1n) is 9.72. The Morgan fingerprint density at radius 1 is 1.20 bits per heavy atom. The summed E-state index contributed by atoms with van der Waals surface area (Å²) in [5.41, 5.74) is 0.978. The highest BCUT2D eigenvalue weighted by molar-refractivity contribution is 6.31. The van der Waals surface area contributed by atoms with Crippen LogP contribution in [0.3, 0.4) is 0 Å². The Balaban J connectivity index is 1.57. The molecule has 0 bridgehead atoms. The zero-order valence-electron chi connectivity index (χ0n) is 17.0. The molecule has 8 heteroatoms. The van der Waals surface area contributed by atoms with Crippen LogP contribution in [0.2, 0.25) is 5.02 Å². The Hall–Kier alpha value is -2.64. The molecule has 2 aromatic carbocycles. The molecule has 1 N–H and O–H groups in total. The van der Waals surface area contributed by atoms with Gasteiger partial charge in [-0.1, -0.05) is 23.7 Å². The molecule has 0 unspecified atom stereocenters. The van der Waals surface area contributed by atoms with E-state index in [-0.39, 0.29) is 43.3 Å². The molecule has 160 valence electrons. The zero-order chi connectivity index (χ0) is 21.7. The van der Waals surface area contributed by atoms with Gasteiger partial charge in [-0.25, -0.2) is 4.39 Å². The van der Waals surface area contributed by atoms with Gasteiger partial charge in [0.1, 0.15) is 11.6 Å². The van der Waals surface area contributed by atoms with Crippen LogP contribution in [0, 0.1) is 5.82 Å². The molecule has 2 aromatic rings. The number of hydrogen-bond donors (Lipinski definition) is 1. The minimum atomic E-state index is -0.383. The minimum Gasteiger partial charge on any atom is -0.497 e. The van der Waals surface area contributed by atoms with E-state index in [1.165, 1.54) is 11.0 Å². The number of amides is 2. The summed E-state index contributed by atoms with van der Waals surface area (Å²) in [6.07, 6.45) is 1.92. The highest BCUT2D eigenvalue weighted by Gasteiger charge is 2.32. The van der Waals surface area contributed by atoms with Crippen LogP contribution in [-0.4, -0.2) is 54.9 Å². The van der Waals surface area contributed by atoms with Crippen molar-refractivity contribution in [2.75, 3.05) is 32.6 Å². The quantitative estimate of drug-likeness (QED) is 0.657. The Labute approximate surface area is 180 Å². The summed E-state index contributed by atoms with van der Waals surface area (Å²) in [6.45, 7) is 0.263. The number of likely N-dealkylation sites (N-methyl/N-ethyl adjacent to an activating group) is 1. The third-order valence-electron chi connectivity index (χ3n) is 4.98. The minimum absolute atomic E-state index is 0.0883. The predicted molar refractivity (Wildman–Crippen MR) is 114 cm³/mol. The molecule has 0 heterocycles. The number of hydrogen-bond acceptors (Lipinski definition) is 4. The molecule has 0 aromatic heterocycles. The van der Waals surface area contributed by atoms with E-state index in [0.29, 0.717) is 22.0 Å². The molecule has 0 spiro atoms. The number of rotatable bonds is 9. The van der Waals surface area contributed by atoms with Gasteiger partial charge in [0.25, 0.3) is 0 Å². The lowest BCUT2D eigenvalue weighted by Gasteiger charge is -2.25. The van der Waals surface area contributed by atoms with Gasteiger partial charge in [0, 0.05) is 42.0 Å². The first-order valence-corrected chi connectivity index (χ1v) is 10.1. The predicted octanol–water partition coefficient (Wildman–Crippen LogP) is 3.55. The van der Waals surface area contributed by atoms with Crippen LogP contribution >= 0.6 is 11.6 Å². The summed E-state index contributed by atoms with van der Waals surface area (Å²) in [7, 11) is 3.13. The summed E-state index contributed by atoms with van der Waals surface area (Å²) in [4.78, 5) is 28.3. The Morgan fingerprint density at radius 3 is 2.60 bits per heavy atom. The van der Waals surface area contributed by atoms with Crippen LogP contribution in [-0.2, 0) is 16.1 Å². The zero-order valence-corrected chi connectivity index (χ0v) is 17.8. The van der Waals surface area contributed by atoms with Crippen molar-refractivity contribution in [1.82, 2.24) is 9.80 Å². The van der Waals surface area contributed by atoms with Gasteiger partial charge in [-0.05, 0) is 37.1 Å². The van der Waals surface area contributed by atoms with Crippen LogP contribution in [0.5, 0.6) is 5.75 Å². The molecule has 1 fully saturated rings. The van der Waals surface area contributed by atoms with Gasteiger partial charge >= 0.3 is 0 Å². The number of carbonyl (C=O) groups excluding carboxylic acids is 2. The Bertz CT molecular complexity index is 900. The highest BCUT2D eigenvalue weighted by atomic mass is 35.5. The van der Waals surface area contributed by atoms with Crippen molar-refractivity contribution in [1.29, 1.82) is 0 Å². The van der Waals surface area contributed by atoms with Crippen molar-refractivity contribution in [2.24, 2.45) is 0 Å². The summed E-state index contributed by atoms with van der Waals surface area (Å²) in [6, 6.07) is 11.8. The average Bonchev–Trinajstić information content (AvgIpc) is 3.55. The second-order valence-corrected chi connectivity index (χ2v) is 7.77. The van der Waals surface area contributed by atoms with Gasteiger partial charge < -0.3 is 15.0 Å². The number of carbonyl (C=O) groups is 2. The topological polar surface area (TPSA) is 61.9 Å². The molecule has 0 atom stereocenters. The second-order valence-electron chi connectivity index (χ2n) is 7.37. The number of halogens is 2. The number of methoxy groups -OCH3 is 1. The normalized spacial score (nSPS) is 13.2. The van der Waals surface area contributed by atoms with Crippen molar-refractivity contribution < 1.29 is 18.7 Å². The van der Waals surface area contributed by atoms with Crippen LogP contribution < -0.4 is 10.1 Å². The number of benzene rings is 2. The lowest BCUT2D eigenvalue weighted by Crippen LogP contribution is -2.42. The van der Waals surface area contributed by atoms with Crippen molar-refractivity contribution in [3.63, 3.8) is 0 Å². The van der Waals surface area contributed by atoms with Crippen LogP contribution in [0.1, 0.15) is 18.4 Å². The Morgan fingerprint density at radius 2 is 1.93 bits per heavy atom. The molecule has 1 aliphatic carbocycles. The van der Waals surface area contributed by atoms with Gasteiger partial charge in [-0.15, -0.1) is 0 Å². The standard InChI is InChI=1S/C22H25ClFN3O3/c1-26(13-21(28)25-15-5-3-6-17(11-15)30-2)22(29)14-27(16-9-10-16)12-18-19(23)7-4-8-20(18)24/h3-8,11,16H,9-10,12-14H2,1-2H3,(H,25,28). The third kappa shape index (κ3) is 5.93. The van der Waals surface area contributed by atoms with Gasteiger partial charge in [-0.2, -0.15) is 0 Å². The molecule has 0 saturated heterocycles. The maximum atomic E-state index is 14.2. The summed E-state index contributed by atoms with van der Waals surface area (Å²) < 4.78 is 19.3. The maximum absolute atomic E-state index is 14.2. The second kappa shape index (κ2) is 9.91. The average molecular weight is 434 g/mol. The number of ether oxygens (including phenoxy) is 1. The van der Waals surface area contributed by atoms with E-state index in [0.717, 1.165) is 12.8 Å². The van der Waals surface area contributed by atoms with E-state index >= 15 is 0 Å². The first-order chi connectivity index (χ1) is 14.4. The molecular formula is C22H25ClFN3O3. The summed E-state index contributed by atoms with van der Waals surface area (Å²) >= 11 is 6.14. The molecule has 0 aliphatic heterocycles. The van der Waals surface area contributed by atoms with Crippen molar-refractivity contribution in [2.45, 2.75) is 25.4 Å². The molecule has 2 amide bonds. The Kier molecular flexibility index (Phi) is 7.29. The summed E-state index contributed by atoms with van der Waals surface area (Å²) in [5, 5.41) is 3.10. The van der Waals surface area contributed by atoms with Crippen LogP contribution in [0.15, 0.2) is 42.5 Å². The monoisotopic (exact) mass is 433 g/mol. The van der Waals surface area contributed by atoms with Gasteiger partial charge in [0.2, 0.25) is 11.8 Å². The SMILES string of the molecule is COc1cccc(NC(=O)CN(C)C(=O)CN(Cc2c(F)cccc2Cl)C2CC2)c1. The highest BCUT2D eigenvalue weighted by Crippen LogP contribution is 2.30. The largest absolute Gasteiger partial charge is 0.497 e. The fourth-order valence-electron chi connectivity index (χ4n) is 3.14. The molecule has 3 rings (SSSR count). The lowest BCUT2D eigenvalue weighted by molar-refractivity contribution is -0.134. The maximum Gasteiger partial charge on any atom is 0.243 e. The number of nitrogens with one attached hydrogen (secondary N) is 1. The van der Waals surface area contributed by atoms with E-state index in [1.54, 1.807) is 50.6 Å². The summed E-state index contributed by atoms with van der Waals surface area (Å²) in [5.74, 6) is -0.278. The third-order valence-corrected chi connectivity index (χ3v) is 5.34. The lowest BCUT2D eigenvalue weighted by atomic mass is 10.2. The number of anilines is 1. The van der Waals surface area contributed by atoms with E-state index in [1.807, 2.05) is 4.90 Å². The van der Waals surface area contributed by atoms with Gasteiger partial charge in [0.05, 0.1) is 20.2 Å². The number of nitrogens with zero attached hydrogens (tertiary/aromatic N) is 2. The van der Waals surface area contributed by atoms with Crippen molar-refractivity contribution in [3.8, 4) is 5.75 Å². The van der Waals surface area contributed by atoms with E-state index < -0.39 is 0 Å². The van der Waals surface area contributed by atoms with E-state index in [2.05, 4.69) is 5.32 Å². The fraction of sp³-hybridized carbons (Fsp3) is 0.364. The first kappa shape index (κ1) is 22.1. The van der Waals surface area contributed by atoms with Crippen LogP contribution in [0.25, 0.3) is 0 Å². The van der Waals surface area contributed by atoms with Crippen molar-refractivity contribution in [3.05, 3.63) is 58.9 Å². The molecule has 6 nitrogen and oxygen atoms in total. The molecule has 0 radical (unpaired) electrons. The molecular weight excluding hydrogens is 409 g/mol. The fourth-order valence-corrected chi connectivity index (χ4v) is 3.36. The molecule has 1 saturated carbocycles. The van der Waals surface area contributed by atoms with Crippen molar-refractivity contribution >= 4 is 29.1 Å².